The molecular formula is C20H25Cl2NO. The van der Waals surface area contributed by atoms with Crippen LogP contribution < -0.4 is 5.32 Å². The molecule has 5 atom stereocenters. The van der Waals surface area contributed by atoms with Crippen LogP contribution in [0.1, 0.15) is 42.4 Å². The zero-order chi connectivity index (χ0) is 17.2. The second-order valence-corrected chi connectivity index (χ2v) is 9.60. The fourth-order valence-electron chi connectivity index (χ4n) is 5.20. The minimum absolute atomic E-state index is 0.183. The van der Waals surface area contributed by atoms with Crippen LogP contribution >= 0.6 is 23.2 Å². The molecule has 2 nitrogen and oxygen atoms in total. The molecule has 0 spiro atoms. The summed E-state index contributed by atoms with van der Waals surface area (Å²) in [4.78, 5) is 12.8. The van der Waals surface area contributed by atoms with Gasteiger partial charge in [-0.05, 0) is 81.3 Å². The summed E-state index contributed by atoms with van der Waals surface area (Å²) < 4.78 is -0.481. The minimum Gasteiger partial charge on any atom is -0.325 e. The molecule has 3 fully saturated rings. The Kier molecular flexibility index (Phi) is 3.93. The van der Waals surface area contributed by atoms with E-state index in [-0.39, 0.29) is 11.8 Å². The van der Waals surface area contributed by atoms with Gasteiger partial charge < -0.3 is 5.32 Å². The average molecular weight is 366 g/mol. The number of nitrogens with one attached hydrogen (secondary N) is 1. The van der Waals surface area contributed by atoms with E-state index in [9.17, 15) is 4.79 Å². The van der Waals surface area contributed by atoms with Crippen molar-refractivity contribution in [1.82, 2.24) is 0 Å². The molecule has 4 rings (SSSR count). The molecule has 1 unspecified atom stereocenters. The number of alkyl halides is 2. The van der Waals surface area contributed by atoms with Gasteiger partial charge in [-0.15, -0.1) is 23.2 Å². The van der Waals surface area contributed by atoms with Gasteiger partial charge in [0, 0.05) is 11.6 Å². The molecule has 0 saturated heterocycles. The summed E-state index contributed by atoms with van der Waals surface area (Å²) in [6, 6.07) is 4.26. The Morgan fingerprint density at radius 3 is 2.00 bits per heavy atom. The first kappa shape index (κ1) is 16.7. The molecular weight excluding hydrogens is 341 g/mol. The highest BCUT2D eigenvalue weighted by Gasteiger charge is 2.65. The smallest absolute Gasteiger partial charge is 0.228 e. The molecule has 4 heteroatoms. The molecule has 1 N–H and O–H groups in total. The van der Waals surface area contributed by atoms with Crippen LogP contribution in [0.25, 0.3) is 0 Å². The number of halogens is 2. The lowest BCUT2D eigenvalue weighted by molar-refractivity contribution is -0.117. The van der Waals surface area contributed by atoms with Crippen LogP contribution in [0.4, 0.5) is 5.69 Å². The number of hydrogen-bond donors (Lipinski definition) is 1. The fourth-order valence-corrected chi connectivity index (χ4v) is 6.12. The number of aryl methyl sites for hydroxylation is 3. The van der Waals surface area contributed by atoms with Crippen molar-refractivity contribution in [1.29, 1.82) is 0 Å². The second-order valence-electron chi connectivity index (χ2n) is 8.16. The molecule has 0 radical (unpaired) electrons. The van der Waals surface area contributed by atoms with E-state index in [1.165, 1.54) is 5.56 Å². The maximum absolute atomic E-state index is 12.8. The van der Waals surface area contributed by atoms with E-state index >= 15 is 0 Å². The molecule has 0 bridgehead atoms. The van der Waals surface area contributed by atoms with Gasteiger partial charge in [-0.3, -0.25) is 4.79 Å². The van der Waals surface area contributed by atoms with Crippen molar-refractivity contribution in [3.63, 3.8) is 0 Å². The van der Waals surface area contributed by atoms with Crippen molar-refractivity contribution >= 4 is 34.8 Å². The van der Waals surface area contributed by atoms with Gasteiger partial charge in [-0.1, -0.05) is 17.7 Å². The van der Waals surface area contributed by atoms with E-state index in [1.54, 1.807) is 0 Å². The first-order chi connectivity index (χ1) is 11.3. The highest BCUT2D eigenvalue weighted by atomic mass is 35.5. The first-order valence-corrected chi connectivity index (χ1v) is 9.83. The molecule has 0 aliphatic heterocycles. The summed E-state index contributed by atoms with van der Waals surface area (Å²) in [5.74, 6) is 2.35. The topological polar surface area (TPSA) is 29.1 Å². The minimum atomic E-state index is -0.481. The van der Waals surface area contributed by atoms with Crippen molar-refractivity contribution in [3.8, 4) is 0 Å². The van der Waals surface area contributed by atoms with Gasteiger partial charge in [0.1, 0.15) is 4.33 Å². The van der Waals surface area contributed by atoms with E-state index in [0.29, 0.717) is 23.7 Å². The Morgan fingerprint density at radius 2 is 1.50 bits per heavy atom. The zero-order valence-electron chi connectivity index (χ0n) is 14.5. The van der Waals surface area contributed by atoms with Crippen LogP contribution in [0, 0.1) is 50.4 Å². The van der Waals surface area contributed by atoms with Crippen molar-refractivity contribution in [2.24, 2.45) is 29.6 Å². The third-order valence-electron chi connectivity index (χ3n) is 6.55. The summed E-state index contributed by atoms with van der Waals surface area (Å²) in [5, 5.41) is 3.21. The highest BCUT2D eigenvalue weighted by molar-refractivity contribution is 6.51. The maximum Gasteiger partial charge on any atom is 0.228 e. The predicted molar refractivity (Wildman–Crippen MR) is 99.6 cm³/mol. The third kappa shape index (κ3) is 2.66. The normalized spacial score (nSPS) is 36.0. The lowest BCUT2D eigenvalue weighted by Gasteiger charge is -2.13. The number of benzene rings is 1. The Bertz CT molecular complexity index is 654. The van der Waals surface area contributed by atoms with E-state index in [1.807, 2.05) is 0 Å². The van der Waals surface area contributed by atoms with E-state index in [2.05, 4.69) is 38.2 Å². The van der Waals surface area contributed by atoms with Gasteiger partial charge in [-0.2, -0.15) is 0 Å². The van der Waals surface area contributed by atoms with Crippen LogP contribution in [0.2, 0.25) is 0 Å². The zero-order valence-corrected chi connectivity index (χ0v) is 16.0. The predicted octanol–water partition coefficient (Wildman–Crippen LogP) is 5.41. The summed E-state index contributed by atoms with van der Waals surface area (Å²) >= 11 is 12.7. The highest BCUT2D eigenvalue weighted by Crippen LogP contribution is 2.67. The quantitative estimate of drug-likeness (QED) is 0.697. The molecule has 3 aliphatic rings. The first-order valence-electron chi connectivity index (χ1n) is 9.07. The number of carbonyl (C=O) groups is 1. The van der Waals surface area contributed by atoms with E-state index in [4.69, 9.17) is 23.2 Å². The van der Waals surface area contributed by atoms with E-state index < -0.39 is 4.33 Å². The van der Waals surface area contributed by atoms with Gasteiger partial charge in [0.05, 0.1) is 0 Å². The molecule has 3 aliphatic carbocycles. The lowest BCUT2D eigenvalue weighted by atomic mass is 10.0. The van der Waals surface area contributed by atoms with Crippen molar-refractivity contribution < 1.29 is 4.79 Å². The standard InChI is InChI=1S/C20H25Cl2NO/c1-10-8-11(2)18(12(3)9-10)23-19(24)17-13-4-6-15-16(20(15,21)22)7-5-14(13)17/h8-9,13-17H,4-7H2,1-3H3,(H,23,24)/t13-,14+,15-,16-,17?/m0/s1. The number of fused-ring (bicyclic) bond motifs is 2. The molecule has 1 aromatic rings. The van der Waals surface area contributed by atoms with Crippen LogP contribution in [0.5, 0.6) is 0 Å². The number of rotatable bonds is 2. The Hall–Kier alpha value is -0.730. The third-order valence-corrected chi connectivity index (χ3v) is 7.67. The summed E-state index contributed by atoms with van der Waals surface area (Å²) in [6.07, 6.45) is 4.34. The summed E-state index contributed by atoms with van der Waals surface area (Å²) in [5.41, 5.74) is 4.53. The molecule has 1 amide bonds. The SMILES string of the molecule is Cc1cc(C)c(NC(=O)C2[C@H]3CC[C@H]4[C@H](CC[C@@H]23)C4(Cl)Cl)c(C)c1. The van der Waals surface area contributed by atoms with Gasteiger partial charge in [0.2, 0.25) is 5.91 Å². The monoisotopic (exact) mass is 365 g/mol. The van der Waals surface area contributed by atoms with Crippen molar-refractivity contribution in [3.05, 3.63) is 28.8 Å². The van der Waals surface area contributed by atoms with Crippen LogP contribution in [-0.4, -0.2) is 10.2 Å². The molecule has 24 heavy (non-hydrogen) atoms. The Labute approximate surface area is 154 Å². The van der Waals surface area contributed by atoms with Crippen LogP contribution in [0.3, 0.4) is 0 Å². The largest absolute Gasteiger partial charge is 0.325 e. The number of carbonyl (C=O) groups excluding carboxylic acids is 1. The van der Waals surface area contributed by atoms with E-state index in [0.717, 1.165) is 42.5 Å². The average Bonchev–Trinajstić information content (AvgIpc) is 3.27. The molecule has 3 saturated carbocycles. The van der Waals surface area contributed by atoms with Crippen LogP contribution in [-0.2, 0) is 4.79 Å². The van der Waals surface area contributed by atoms with Crippen molar-refractivity contribution in [2.45, 2.75) is 50.8 Å². The second kappa shape index (κ2) is 5.64. The molecule has 1 aromatic carbocycles. The maximum atomic E-state index is 12.8. The van der Waals surface area contributed by atoms with Crippen LogP contribution in [0.15, 0.2) is 12.1 Å². The number of anilines is 1. The number of amides is 1. The van der Waals surface area contributed by atoms with Gasteiger partial charge in [0.15, 0.2) is 0 Å². The Balaban J connectivity index is 1.43. The Morgan fingerprint density at radius 1 is 1.00 bits per heavy atom. The fraction of sp³-hybridized carbons (Fsp3) is 0.650. The van der Waals surface area contributed by atoms with Gasteiger partial charge in [0.25, 0.3) is 0 Å². The molecule has 130 valence electrons. The van der Waals surface area contributed by atoms with Gasteiger partial charge in [-0.25, -0.2) is 0 Å². The van der Waals surface area contributed by atoms with Crippen molar-refractivity contribution in [2.75, 3.05) is 5.32 Å². The lowest BCUT2D eigenvalue weighted by Crippen LogP contribution is -2.17. The molecule has 0 aromatic heterocycles. The molecule has 0 heterocycles. The summed E-state index contributed by atoms with van der Waals surface area (Å²) in [7, 11) is 0. The number of hydrogen-bond acceptors (Lipinski definition) is 1. The van der Waals surface area contributed by atoms with Gasteiger partial charge >= 0.3 is 0 Å². The summed E-state index contributed by atoms with van der Waals surface area (Å²) in [6.45, 7) is 6.23.